The zero-order valence-electron chi connectivity index (χ0n) is 12.6. The van der Waals surface area contributed by atoms with Crippen molar-refractivity contribution in [1.82, 2.24) is 9.80 Å². The van der Waals surface area contributed by atoms with Gasteiger partial charge in [0.2, 0.25) is 0 Å². The van der Waals surface area contributed by atoms with Gasteiger partial charge in [-0.2, -0.15) is 0 Å². The predicted molar refractivity (Wildman–Crippen MR) is 95.1 cm³/mol. The molecule has 118 valence electrons. The number of rotatable bonds is 3. The van der Waals surface area contributed by atoms with Crippen molar-refractivity contribution < 1.29 is 0 Å². The molecule has 0 aliphatic carbocycles. The lowest BCUT2D eigenvalue weighted by Gasteiger charge is -2.21. The fourth-order valence-electron chi connectivity index (χ4n) is 3.36. The van der Waals surface area contributed by atoms with E-state index in [0.29, 0.717) is 10.0 Å². The highest BCUT2D eigenvalue weighted by molar-refractivity contribution is 6.42. The van der Waals surface area contributed by atoms with Gasteiger partial charge in [0.1, 0.15) is 0 Å². The molecule has 1 atom stereocenters. The molecule has 0 N–H and O–H groups in total. The molecule has 0 saturated carbocycles. The topological polar surface area (TPSA) is 18.8 Å². The SMILES string of the molecule is Clc1ccc(C2CN(Cc3ccccc3)C3=NCCN32)cc1Cl. The minimum Gasteiger partial charge on any atom is -0.336 e. The first-order chi connectivity index (χ1) is 11.2. The first kappa shape index (κ1) is 14.9. The van der Waals surface area contributed by atoms with E-state index in [2.05, 4.69) is 40.1 Å². The first-order valence-corrected chi connectivity index (χ1v) is 8.53. The normalized spacial score (nSPS) is 19.9. The molecule has 2 aromatic rings. The second-order valence-corrected chi connectivity index (χ2v) is 6.74. The Kier molecular flexibility index (Phi) is 3.92. The highest BCUT2D eigenvalue weighted by Crippen LogP contribution is 2.35. The Morgan fingerprint density at radius 3 is 2.65 bits per heavy atom. The molecule has 0 amide bonds. The molecule has 4 rings (SSSR count). The summed E-state index contributed by atoms with van der Waals surface area (Å²) in [6, 6.07) is 16.7. The summed E-state index contributed by atoms with van der Waals surface area (Å²) in [5.74, 6) is 1.10. The molecule has 2 aliphatic heterocycles. The van der Waals surface area contributed by atoms with E-state index in [9.17, 15) is 0 Å². The lowest BCUT2D eigenvalue weighted by atomic mass is 10.1. The van der Waals surface area contributed by atoms with Crippen LogP contribution in [0.25, 0.3) is 0 Å². The van der Waals surface area contributed by atoms with Crippen molar-refractivity contribution in [2.24, 2.45) is 4.99 Å². The van der Waals surface area contributed by atoms with Gasteiger partial charge in [-0.15, -0.1) is 0 Å². The van der Waals surface area contributed by atoms with Crippen LogP contribution in [0.1, 0.15) is 17.2 Å². The van der Waals surface area contributed by atoms with Crippen LogP contribution in [0.15, 0.2) is 53.5 Å². The smallest absolute Gasteiger partial charge is 0.197 e. The average molecular weight is 346 g/mol. The van der Waals surface area contributed by atoms with Gasteiger partial charge in [-0.3, -0.25) is 4.99 Å². The first-order valence-electron chi connectivity index (χ1n) is 7.77. The second-order valence-electron chi connectivity index (χ2n) is 5.93. The third-order valence-corrected chi connectivity index (χ3v) is 5.19. The summed E-state index contributed by atoms with van der Waals surface area (Å²) < 4.78 is 0. The Hall–Kier alpha value is -1.71. The van der Waals surface area contributed by atoms with E-state index in [-0.39, 0.29) is 6.04 Å². The van der Waals surface area contributed by atoms with Crippen molar-refractivity contribution in [2.75, 3.05) is 19.6 Å². The zero-order valence-corrected chi connectivity index (χ0v) is 14.1. The molecule has 1 fully saturated rings. The molecular formula is C18H17Cl2N3. The van der Waals surface area contributed by atoms with Gasteiger partial charge < -0.3 is 9.80 Å². The molecule has 2 heterocycles. The van der Waals surface area contributed by atoms with Crippen molar-refractivity contribution in [1.29, 1.82) is 0 Å². The van der Waals surface area contributed by atoms with E-state index in [1.54, 1.807) is 0 Å². The van der Waals surface area contributed by atoms with Crippen LogP contribution in [0.3, 0.4) is 0 Å². The van der Waals surface area contributed by atoms with Gasteiger partial charge in [-0.1, -0.05) is 59.6 Å². The van der Waals surface area contributed by atoms with Crippen LogP contribution in [0, 0.1) is 0 Å². The number of hydrogen-bond acceptors (Lipinski definition) is 3. The number of benzene rings is 2. The van der Waals surface area contributed by atoms with Gasteiger partial charge >= 0.3 is 0 Å². The zero-order chi connectivity index (χ0) is 15.8. The molecule has 0 spiro atoms. The molecular weight excluding hydrogens is 329 g/mol. The standard InChI is InChI=1S/C18H17Cl2N3/c19-15-7-6-14(10-16(15)20)17-12-22(18-21-8-9-23(17)18)11-13-4-2-1-3-5-13/h1-7,10,17H,8-9,11-12H2. The highest BCUT2D eigenvalue weighted by atomic mass is 35.5. The minimum atomic E-state index is 0.287. The quantitative estimate of drug-likeness (QED) is 0.829. The summed E-state index contributed by atoms with van der Waals surface area (Å²) in [6.07, 6.45) is 0. The van der Waals surface area contributed by atoms with Crippen LogP contribution < -0.4 is 0 Å². The van der Waals surface area contributed by atoms with E-state index in [4.69, 9.17) is 28.2 Å². The molecule has 5 heteroatoms. The van der Waals surface area contributed by atoms with E-state index in [1.165, 1.54) is 11.1 Å². The molecule has 3 nitrogen and oxygen atoms in total. The van der Waals surface area contributed by atoms with Crippen molar-refractivity contribution in [3.05, 3.63) is 69.7 Å². The van der Waals surface area contributed by atoms with Crippen LogP contribution in [-0.4, -0.2) is 35.4 Å². The summed E-state index contributed by atoms with van der Waals surface area (Å²) in [5, 5.41) is 1.22. The maximum atomic E-state index is 6.21. The molecule has 1 saturated heterocycles. The Bertz CT molecular complexity index is 745. The van der Waals surface area contributed by atoms with Gasteiger partial charge in [-0.05, 0) is 23.3 Å². The van der Waals surface area contributed by atoms with Crippen molar-refractivity contribution in [3.63, 3.8) is 0 Å². The van der Waals surface area contributed by atoms with Crippen LogP contribution in [0.5, 0.6) is 0 Å². The Balaban J connectivity index is 1.61. The summed E-state index contributed by atoms with van der Waals surface area (Å²) in [5.41, 5.74) is 2.50. The van der Waals surface area contributed by atoms with Crippen LogP contribution in [-0.2, 0) is 6.54 Å². The number of fused-ring (bicyclic) bond motifs is 1. The average Bonchev–Trinajstić information content (AvgIpc) is 3.15. The molecule has 0 bridgehead atoms. The van der Waals surface area contributed by atoms with Crippen molar-refractivity contribution in [3.8, 4) is 0 Å². The molecule has 0 radical (unpaired) electrons. The summed E-state index contributed by atoms with van der Waals surface area (Å²) >= 11 is 12.3. The van der Waals surface area contributed by atoms with Crippen LogP contribution >= 0.6 is 23.2 Å². The van der Waals surface area contributed by atoms with Crippen LogP contribution in [0.4, 0.5) is 0 Å². The fraction of sp³-hybridized carbons (Fsp3) is 0.278. The number of halogens is 2. The van der Waals surface area contributed by atoms with E-state index < -0.39 is 0 Å². The number of hydrogen-bond donors (Lipinski definition) is 0. The number of aliphatic imine (C=N–C) groups is 1. The molecule has 2 aliphatic rings. The van der Waals surface area contributed by atoms with E-state index in [1.807, 2.05) is 18.2 Å². The van der Waals surface area contributed by atoms with Crippen molar-refractivity contribution >= 4 is 29.2 Å². The third-order valence-electron chi connectivity index (χ3n) is 4.45. The monoisotopic (exact) mass is 345 g/mol. The van der Waals surface area contributed by atoms with Gasteiger partial charge in [-0.25, -0.2) is 0 Å². The Labute approximate surface area is 146 Å². The molecule has 1 unspecified atom stereocenters. The summed E-state index contributed by atoms with van der Waals surface area (Å²) in [4.78, 5) is 9.43. The lowest BCUT2D eigenvalue weighted by molar-refractivity contribution is 0.362. The van der Waals surface area contributed by atoms with Gasteiger partial charge in [0.05, 0.1) is 22.6 Å². The van der Waals surface area contributed by atoms with Gasteiger partial charge in [0.25, 0.3) is 0 Å². The third kappa shape index (κ3) is 2.79. The summed E-state index contributed by atoms with van der Waals surface area (Å²) in [7, 11) is 0. The highest BCUT2D eigenvalue weighted by Gasteiger charge is 2.38. The number of nitrogens with zero attached hydrogens (tertiary/aromatic N) is 3. The fourth-order valence-corrected chi connectivity index (χ4v) is 3.66. The largest absolute Gasteiger partial charge is 0.336 e. The maximum absolute atomic E-state index is 6.21. The van der Waals surface area contributed by atoms with E-state index in [0.717, 1.165) is 32.1 Å². The predicted octanol–water partition coefficient (Wildman–Crippen LogP) is 4.22. The van der Waals surface area contributed by atoms with Gasteiger partial charge in [0.15, 0.2) is 5.96 Å². The summed E-state index contributed by atoms with van der Waals surface area (Å²) in [6.45, 7) is 3.63. The second kappa shape index (κ2) is 6.06. The molecule has 2 aromatic carbocycles. The van der Waals surface area contributed by atoms with E-state index >= 15 is 0 Å². The van der Waals surface area contributed by atoms with Crippen LogP contribution in [0.2, 0.25) is 10.0 Å². The minimum absolute atomic E-state index is 0.287. The number of guanidine groups is 1. The Morgan fingerprint density at radius 2 is 1.87 bits per heavy atom. The van der Waals surface area contributed by atoms with Crippen molar-refractivity contribution in [2.45, 2.75) is 12.6 Å². The van der Waals surface area contributed by atoms with Gasteiger partial charge in [0, 0.05) is 19.6 Å². The molecule has 0 aromatic heterocycles. The lowest BCUT2D eigenvalue weighted by Crippen LogP contribution is -2.30. The maximum Gasteiger partial charge on any atom is 0.197 e. The molecule has 23 heavy (non-hydrogen) atoms. The Morgan fingerprint density at radius 1 is 1.04 bits per heavy atom.